The number of amides is 1. The predicted molar refractivity (Wildman–Crippen MR) is 103 cm³/mol. The zero-order valence-corrected chi connectivity index (χ0v) is 16.7. The Morgan fingerprint density at radius 1 is 1.21 bits per heavy atom. The minimum absolute atomic E-state index is 0.0112. The molecular weight excluding hydrogens is 396 g/mol. The highest BCUT2D eigenvalue weighted by atomic mass is 32.2. The van der Waals surface area contributed by atoms with Crippen LogP contribution in [-0.2, 0) is 9.84 Å². The summed E-state index contributed by atoms with van der Waals surface area (Å²) in [6.07, 6.45) is 2.38. The average molecular weight is 416 g/mol. The number of nitrogens with one attached hydrogen (secondary N) is 1. The summed E-state index contributed by atoms with van der Waals surface area (Å²) in [5, 5.41) is 13.8. The van der Waals surface area contributed by atoms with Crippen LogP contribution in [0.5, 0.6) is 0 Å². The Labute approximate surface area is 167 Å². The number of benzene rings is 1. The fourth-order valence-electron chi connectivity index (χ4n) is 3.08. The van der Waals surface area contributed by atoms with Crippen LogP contribution in [0.4, 0.5) is 0 Å². The minimum atomic E-state index is -3.30. The summed E-state index contributed by atoms with van der Waals surface area (Å²) >= 11 is 0. The number of carbonyl (C=O) groups excluding carboxylic acids is 1. The first-order chi connectivity index (χ1) is 13.8. The monoisotopic (exact) mass is 416 g/mol. The minimum Gasteiger partial charge on any atom is -0.424 e. The molecule has 152 valence electrons. The molecule has 2 aromatic heterocycles. The maximum absolute atomic E-state index is 12.4. The van der Waals surface area contributed by atoms with Crippen molar-refractivity contribution < 1.29 is 22.2 Å². The van der Waals surface area contributed by atoms with Gasteiger partial charge in [-0.2, -0.15) is 0 Å². The second kappa shape index (κ2) is 7.43. The number of sulfone groups is 1. The summed E-state index contributed by atoms with van der Waals surface area (Å²) in [5.41, 5.74) is 1.47. The van der Waals surface area contributed by atoms with E-state index in [-0.39, 0.29) is 29.5 Å². The number of aromatic nitrogens is 3. The maximum atomic E-state index is 12.4. The molecule has 10 heteroatoms. The zero-order valence-electron chi connectivity index (χ0n) is 15.9. The molecule has 4 rings (SSSR count). The Morgan fingerprint density at radius 2 is 1.93 bits per heavy atom. The summed E-state index contributed by atoms with van der Waals surface area (Å²) in [6.45, 7) is 1.51. The largest absolute Gasteiger partial charge is 0.424 e. The highest BCUT2D eigenvalue weighted by Crippen LogP contribution is 2.37. The highest BCUT2D eigenvalue weighted by molar-refractivity contribution is 7.90. The van der Waals surface area contributed by atoms with E-state index >= 15 is 0 Å². The van der Waals surface area contributed by atoms with E-state index in [2.05, 4.69) is 20.7 Å². The predicted octanol–water partition coefficient (Wildman–Crippen LogP) is 2.51. The van der Waals surface area contributed by atoms with Crippen LogP contribution < -0.4 is 5.32 Å². The summed E-state index contributed by atoms with van der Waals surface area (Å²) in [6, 6.07) is 11.0. The molecule has 1 saturated carbocycles. The van der Waals surface area contributed by atoms with Crippen LogP contribution in [0.25, 0.3) is 11.3 Å². The van der Waals surface area contributed by atoms with Crippen LogP contribution in [0, 0.1) is 0 Å². The third-order valence-electron chi connectivity index (χ3n) is 5.07. The molecule has 0 bridgehead atoms. The van der Waals surface area contributed by atoms with E-state index in [4.69, 9.17) is 8.94 Å². The molecule has 29 heavy (non-hydrogen) atoms. The van der Waals surface area contributed by atoms with Crippen LogP contribution in [-0.4, -0.2) is 42.0 Å². The van der Waals surface area contributed by atoms with Gasteiger partial charge in [0.2, 0.25) is 17.5 Å². The molecule has 2 heterocycles. The average Bonchev–Trinajstić information content (AvgIpc) is 3.33. The van der Waals surface area contributed by atoms with E-state index in [0.29, 0.717) is 24.4 Å². The third-order valence-corrected chi connectivity index (χ3v) is 6.56. The summed E-state index contributed by atoms with van der Waals surface area (Å²) in [4.78, 5) is 12.4. The molecular formula is C19H20N4O5S. The molecule has 1 aliphatic carbocycles. The lowest BCUT2D eigenvalue weighted by atomic mass is 9.80. The van der Waals surface area contributed by atoms with Gasteiger partial charge in [-0.3, -0.25) is 4.79 Å². The molecule has 1 amide bonds. The van der Waals surface area contributed by atoms with E-state index in [1.807, 2.05) is 30.3 Å². The maximum Gasteiger partial charge on any atom is 0.290 e. The van der Waals surface area contributed by atoms with Gasteiger partial charge >= 0.3 is 0 Å². The van der Waals surface area contributed by atoms with E-state index in [1.54, 1.807) is 6.07 Å². The van der Waals surface area contributed by atoms with Crippen LogP contribution in [0.3, 0.4) is 0 Å². The Kier molecular flexibility index (Phi) is 4.95. The standard InChI is InChI=1S/C19H20N4O5S/c1-11(29(2,25)26)18-21-22-19(27-18)13-8-14(9-13)20-17(24)16-10-15(23-28-16)12-6-4-3-5-7-12/h3-7,10-11,13-14H,8-9H2,1-2H3,(H,20,24). The second-order valence-corrected chi connectivity index (χ2v) is 9.60. The topological polar surface area (TPSA) is 128 Å². The molecule has 3 aromatic rings. The number of rotatable bonds is 6. The van der Waals surface area contributed by atoms with Crippen molar-refractivity contribution in [3.8, 4) is 11.3 Å². The molecule has 1 aromatic carbocycles. The van der Waals surface area contributed by atoms with Gasteiger partial charge in [0.25, 0.3) is 5.91 Å². The molecule has 9 nitrogen and oxygen atoms in total. The van der Waals surface area contributed by atoms with Crippen molar-refractivity contribution in [2.24, 2.45) is 0 Å². The van der Waals surface area contributed by atoms with Crippen molar-refractivity contribution in [1.82, 2.24) is 20.7 Å². The highest BCUT2D eigenvalue weighted by Gasteiger charge is 2.36. The number of hydrogen-bond acceptors (Lipinski definition) is 8. The summed E-state index contributed by atoms with van der Waals surface area (Å²) in [7, 11) is -3.30. The Balaban J connectivity index is 1.33. The van der Waals surface area contributed by atoms with Crippen molar-refractivity contribution in [3.63, 3.8) is 0 Å². The quantitative estimate of drug-likeness (QED) is 0.649. The Morgan fingerprint density at radius 3 is 2.62 bits per heavy atom. The van der Waals surface area contributed by atoms with Crippen molar-refractivity contribution in [3.05, 3.63) is 53.9 Å². The number of hydrogen-bond donors (Lipinski definition) is 1. The van der Waals surface area contributed by atoms with E-state index < -0.39 is 15.1 Å². The number of nitrogens with zero attached hydrogens (tertiary/aromatic N) is 3. The lowest BCUT2D eigenvalue weighted by molar-refractivity contribution is 0.0865. The van der Waals surface area contributed by atoms with Gasteiger partial charge in [-0.25, -0.2) is 8.42 Å². The van der Waals surface area contributed by atoms with Gasteiger partial charge in [0, 0.05) is 29.8 Å². The number of carbonyl (C=O) groups is 1. The van der Waals surface area contributed by atoms with Crippen LogP contribution >= 0.6 is 0 Å². The van der Waals surface area contributed by atoms with Crippen molar-refractivity contribution in [2.45, 2.75) is 37.0 Å². The first-order valence-electron chi connectivity index (χ1n) is 9.16. The first kappa shape index (κ1) is 19.3. The molecule has 1 atom stereocenters. The fraction of sp³-hybridized carbons (Fsp3) is 0.368. The van der Waals surface area contributed by atoms with Gasteiger partial charge in [0.05, 0.1) is 0 Å². The second-order valence-electron chi connectivity index (χ2n) is 7.23. The van der Waals surface area contributed by atoms with Gasteiger partial charge in [0.15, 0.2) is 9.84 Å². The Bertz CT molecular complexity index is 1120. The first-order valence-corrected chi connectivity index (χ1v) is 11.1. The molecule has 1 aliphatic rings. The normalized spacial score (nSPS) is 20.1. The lowest BCUT2D eigenvalue weighted by Crippen LogP contribution is -2.43. The molecule has 0 saturated heterocycles. The Hall–Kier alpha value is -3.01. The summed E-state index contributed by atoms with van der Waals surface area (Å²) in [5.74, 6) is 0.287. The SMILES string of the molecule is CC(c1nnc(C2CC(NC(=O)c3cc(-c4ccccc4)no3)C2)o1)S(C)(=O)=O. The van der Waals surface area contributed by atoms with Crippen LogP contribution in [0.15, 0.2) is 45.3 Å². The van der Waals surface area contributed by atoms with Gasteiger partial charge in [-0.15, -0.1) is 10.2 Å². The van der Waals surface area contributed by atoms with Crippen LogP contribution in [0.2, 0.25) is 0 Å². The van der Waals surface area contributed by atoms with Gasteiger partial charge in [-0.05, 0) is 19.8 Å². The molecule has 1 fully saturated rings. The van der Waals surface area contributed by atoms with Gasteiger partial charge < -0.3 is 14.3 Å². The van der Waals surface area contributed by atoms with Crippen molar-refractivity contribution in [2.75, 3.05) is 6.26 Å². The molecule has 1 unspecified atom stereocenters. The van der Waals surface area contributed by atoms with Crippen molar-refractivity contribution in [1.29, 1.82) is 0 Å². The molecule has 0 radical (unpaired) electrons. The van der Waals surface area contributed by atoms with E-state index in [9.17, 15) is 13.2 Å². The van der Waals surface area contributed by atoms with Crippen LogP contribution in [0.1, 0.15) is 53.3 Å². The zero-order chi connectivity index (χ0) is 20.6. The molecule has 1 N–H and O–H groups in total. The van der Waals surface area contributed by atoms with Gasteiger partial charge in [-0.1, -0.05) is 35.5 Å². The molecule has 0 aliphatic heterocycles. The lowest BCUT2D eigenvalue weighted by Gasteiger charge is -2.33. The van der Waals surface area contributed by atoms with Gasteiger partial charge in [0.1, 0.15) is 10.9 Å². The molecule has 0 spiro atoms. The summed E-state index contributed by atoms with van der Waals surface area (Å²) < 4.78 is 33.9. The van der Waals surface area contributed by atoms with Crippen molar-refractivity contribution >= 4 is 15.7 Å². The third kappa shape index (κ3) is 4.07. The van der Waals surface area contributed by atoms with E-state index in [0.717, 1.165) is 11.8 Å². The fourth-order valence-corrected chi connectivity index (χ4v) is 3.54. The van der Waals surface area contributed by atoms with E-state index in [1.165, 1.54) is 6.92 Å². The smallest absolute Gasteiger partial charge is 0.290 e.